The number of methoxy groups -OCH3 is 1. The van der Waals surface area contributed by atoms with Crippen LogP contribution in [0, 0.1) is 5.92 Å². The lowest BCUT2D eigenvalue weighted by Crippen LogP contribution is -2.39. The maximum Gasteiger partial charge on any atom is 0.314 e. The number of hydrogen-bond acceptors (Lipinski definition) is 4. The smallest absolute Gasteiger partial charge is 0.314 e. The SMILES string of the molecule is COc1ccc(CCNC(=O)NCC[C@@H](O)C2CCOCC2)cc1. The second-order valence-electron chi connectivity index (χ2n) is 6.09. The van der Waals surface area contributed by atoms with E-state index in [9.17, 15) is 9.90 Å². The molecule has 0 radical (unpaired) electrons. The van der Waals surface area contributed by atoms with Crippen molar-refractivity contribution in [2.24, 2.45) is 5.92 Å². The van der Waals surface area contributed by atoms with Crippen molar-refractivity contribution in [1.29, 1.82) is 0 Å². The Hall–Kier alpha value is -1.79. The van der Waals surface area contributed by atoms with Crippen molar-refractivity contribution in [3.63, 3.8) is 0 Å². The fourth-order valence-electron chi connectivity index (χ4n) is 2.84. The zero-order valence-corrected chi connectivity index (χ0v) is 14.3. The summed E-state index contributed by atoms with van der Waals surface area (Å²) in [5.41, 5.74) is 1.14. The Morgan fingerprint density at radius 2 is 1.92 bits per heavy atom. The van der Waals surface area contributed by atoms with Gasteiger partial charge in [-0.25, -0.2) is 4.79 Å². The zero-order chi connectivity index (χ0) is 17.2. The lowest BCUT2D eigenvalue weighted by atomic mass is 9.92. The van der Waals surface area contributed by atoms with Gasteiger partial charge in [-0.3, -0.25) is 0 Å². The Morgan fingerprint density at radius 3 is 2.58 bits per heavy atom. The zero-order valence-electron chi connectivity index (χ0n) is 14.3. The third kappa shape index (κ3) is 6.37. The Kier molecular flexibility index (Phi) is 7.85. The van der Waals surface area contributed by atoms with Crippen molar-refractivity contribution in [2.75, 3.05) is 33.4 Å². The minimum atomic E-state index is -0.367. The summed E-state index contributed by atoms with van der Waals surface area (Å²) in [5, 5.41) is 15.7. The van der Waals surface area contributed by atoms with Crippen molar-refractivity contribution in [1.82, 2.24) is 10.6 Å². The highest BCUT2D eigenvalue weighted by atomic mass is 16.5. The molecular weight excluding hydrogens is 308 g/mol. The lowest BCUT2D eigenvalue weighted by Gasteiger charge is -2.26. The van der Waals surface area contributed by atoms with Gasteiger partial charge in [0.15, 0.2) is 0 Å². The van der Waals surface area contributed by atoms with Gasteiger partial charge in [-0.05, 0) is 49.3 Å². The molecule has 6 nitrogen and oxygen atoms in total. The molecule has 0 bridgehead atoms. The molecule has 1 saturated heterocycles. The van der Waals surface area contributed by atoms with E-state index in [1.807, 2.05) is 24.3 Å². The Morgan fingerprint density at radius 1 is 1.25 bits per heavy atom. The first-order valence-electron chi connectivity index (χ1n) is 8.59. The molecule has 0 aromatic heterocycles. The van der Waals surface area contributed by atoms with E-state index in [2.05, 4.69) is 10.6 Å². The van der Waals surface area contributed by atoms with E-state index in [-0.39, 0.29) is 12.1 Å². The van der Waals surface area contributed by atoms with Crippen molar-refractivity contribution >= 4 is 6.03 Å². The standard InChI is InChI=1S/C18H28N2O4/c1-23-16-4-2-14(3-5-16)6-10-19-18(22)20-11-7-17(21)15-8-12-24-13-9-15/h2-5,15,17,21H,6-13H2,1H3,(H2,19,20,22)/t17-/m1/s1. The molecule has 3 N–H and O–H groups in total. The highest BCUT2D eigenvalue weighted by Crippen LogP contribution is 2.20. The third-order valence-corrected chi connectivity index (χ3v) is 4.39. The Labute approximate surface area is 143 Å². The monoisotopic (exact) mass is 336 g/mol. The summed E-state index contributed by atoms with van der Waals surface area (Å²) in [7, 11) is 1.64. The van der Waals surface area contributed by atoms with Crippen molar-refractivity contribution < 1.29 is 19.4 Å². The van der Waals surface area contributed by atoms with E-state index in [1.165, 1.54) is 0 Å². The van der Waals surface area contributed by atoms with Gasteiger partial charge in [-0.1, -0.05) is 12.1 Å². The maximum absolute atomic E-state index is 11.7. The van der Waals surface area contributed by atoms with Crippen LogP contribution in [0.1, 0.15) is 24.8 Å². The number of carbonyl (C=O) groups is 1. The number of nitrogens with one attached hydrogen (secondary N) is 2. The normalized spacial score (nSPS) is 16.4. The molecule has 1 aromatic rings. The van der Waals surface area contributed by atoms with Gasteiger partial charge in [0.25, 0.3) is 0 Å². The number of carbonyl (C=O) groups excluding carboxylic acids is 1. The summed E-state index contributed by atoms with van der Waals surface area (Å²) in [6, 6.07) is 7.61. The molecule has 6 heteroatoms. The predicted octanol–water partition coefficient (Wildman–Crippen LogP) is 1.71. The van der Waals surface area contributed by atoms with E-state index in [4.69, 9.17) is 9.47 Å². The summed E-state index contributed by atoms with van der Waals surface area (Å²) in [4.78, 5) is 11.7. The van der Waals surface area contributed by atoms with Gasteiger partial charge in [-0.2, -0.15) is 0 Å². The second kappa shape index (κ2) is 10.2. The van der Waals surface area contributed by atoms with E-state index >= 15 is 0 Å². The van der Waals surface area contributed by atoms with Crippen LogP contribution in [0.3, 0.4) is 0 Å². The molecular formula is C18H28N2O4. The van der Waals surface area contributed by atoms with Gasteiger partial charge >= 0.3 is 6.03 Å². The molecule has 0 spiro atoms. The average Bonchev–Trinajstić information content (AvgIpc) is 2.63. The molecule has 0 aliphatic carbocycles. The molecule has 24 heavy (non-hydrogen) atoms. The van der Waals surface area contributed by atoms with E-state index < -0.39 is 0 Å². The highest BCUT2D eigenvalue weighted by Gasteiger charge is 2.21. The van der Waals surface area contributed by atoms with Gasteiger partial charge in [0.1, 0.15) is 5.75 Å². The molecule has 0 saturated carbocycles. The molecule has 2 amide bonds. The molecule has 134 valence electrons. The third-order valence-electron chi connectivity index (χ3n) is 4.39. The minimum absolute atomic E-state index is 0.192. The summed E-state index contributed by atoms with van der Waals surface area (Å²) >= 11 is 0. The van der Waals surface area contributed by atoms with Crippen LogP contribution in [0.4, 0.5) is 4.79 Å². The maximum atomic E-state index is 11.7. The number of amides is 2. The average molecular weight is 336 g/mol. The van der Waals surface area contributed by atoms with Crippen molar-refractivity contribution in [3.8, 4) is 5.75 Å². The number of urea groups is 1. The fraction of sp³-hybridized carbons (Fsp3) is 0.611. The molecule has 1 aliphatic heterocycles. The van der Waals surface area contributed by atoms with Crippen LogP contribution in [-0.2, 0) is 11.2 Å². The first kappa shape index (κ1) is 18.5. The Bertz CT molecular complexity index is 486. The topological polar surface area (TPSA) is 79.8 Å². The fourth-order valence-corrected chi connectivity index (χ4v) is 2.84. The molecule has 1 aromatic carbocycles. The van der Waals surface area contributed by atoms with Crippen LogP contribution in [0.25, 0.3) is 0 Å². The molecule has 1 heterocycles. The van der Waals surface area contributed by atoms with E-state index in [0.29, 0.717) is 25.4 Å². The quantitative estimate of drug-likeness (QED) is 0.675. The first-order valence-corrected chi connectivity index (χ1v) is 8.59. The summed E-state index contributed by atoms with van der Waals surface area (Å²) in [6.07, 6.45) is 2.77. The van der Waals surface area contributed by atoms with E-state index in [1.54, 1.807) is 7.11 Å². The summed E-state index contributed by atoms with van der Waals surface area (Å²) < 4.78 is 10.4. The summed E-state index contributed by atoms with van der Waals surface area (Å²) in [6.45, 7) is 2.50. The largest absolute Gasteiger partial charge is 0.497 e. The van der Waals surface area contributed by atoms with Crippen molar-refractivity contribution in [3.05, 3.63) is 29.8 Å². The van der Waals surface area contributed by atoms with Gasteiger partial charge in [-0.15, -0.1) is 0 Å². The van der Waals surface area contributed by atoms with Crippen LogP contribution in [-0.4, -0.2) is 50.7 Å². The van der Waals surface area contributed by atoms with Crippen LogP contribution >= 0.6 is 0 Å². The number of benzene rings is 1. The van der Waals surface area contributed by atoms with Gasteiger partial charge in [0.2, 0.25) is 0 Å². The van der Waals surface area contributed by atoms with Gasteiger partial charge in [0, 0.05) is 26.3 Å². The molecule has 0 unspecified atom stereocenters. The number of hydrogen-bond donors (Lipinski definition) is 3. The van der Waals surface area contributed by atoms with Gasteiger partial charge in [0.05, 0.1) is 13.2 Å². The predicted molar refractivity (Wildman–Crippen MR) is 92.3 cm³/mol. The minimum Gasteiger partial charge on any atom is -0.497 e. The number of ether oxygens (including phenoxy) is 2. The summed E-state index contributed by atoms with van der Waals surface area (Å²) in [5.74, 6) is 1.12. The number of aliphatic hydroxyl groups excluding tert-OH is 1. The molecule has 1 atom stereocenters. The molecule has 1 fully saturated rings. The number of rotatable bonds is 8. The van der Waals surface area contributed by atoms with Gasteiger partial charge < -0.3 is 25.2 Å². The van der Waals surface area contributed by atoms with Crippen LogP contribution in [0.5, 0.6) is 5.75 Å². The van der Waals surface area contributed by atoms with Crippen LogP contribution in [0.15, 0.2) is 24.3 Å². The number of aliphatic hydroxyl groups is 1. The van der Waals surface area contributed by atoms with Crippen LogP contribution in [0.2, 0.25) is 0 Å². The highest BCUT2D eigenvalue weighted by molar-refractivity contribution is 5.73. The van der Waals surface area contributed by atoms with Crippen molar-refractivity contribution in [2.45, 2.75) is 31.8 Å². The molecule has 1 aliphatic rings. The molecule has 2 rings (SSSR count). The van der Waals surface area contributed by atoms with E-state index in [0.717, 1.165) is 43.8 Å². The lowest BCUT2D eigenvalue weighted by molar-refractivity contribution is 0.00546. The van der Waals surface area contributed by atoms with Crippen LogP contribution < -0.4 is 15.4 Å². The second-order valence-corrected chi connectivity index (χ2v) is 6.09. The Balaban J connectivity index is 1.55. The first-order chi connectivity index (χ1) is 11.7.